The van der Waals surface area contributed by atoms with Crippen LogP contribution in [0.3, 0.4) is 0 Å². The Balaban J connectivity index is 1.68. The Hall–Kier alpha value is -1.09. The van der Waals surface area contributed by atoms with Crippen LogP contribution in [0.1, 0.15) is 56.7 Å². The zero-order chi connectivity index (χ0) is 14.7. The topological polar surface area (TPSA) is 28.2 Å². The maximum absolute atomic E-state index is 4.78. The maximum atomic E-state index is 4.78. The van der Waals surface area contributed by atoms with Gasteiger partial charge < -0.3 is 10.2 Å². The third kappa shape index (κ3) is 3.39. The van der Waals surface area contributed by atoms with Crippen LogP contribution in [0.15, 0.2) is 12.1 Å². The van der Waals surface area contributed by atoms with Gasteiger partial charge in [-0.05, 0) is 62.3 Å². The summed E-state index contributed by atoms with van der Waals surface area (Å²) in [5, 5.41) is 3.42. The third-order valence-corrected chi connectivity index (χ3v) is 5.39. The van der Waals surface area contributed by atoms with Crippen molar-refractivity contribution in [1.82, 2.24) is 10.3 Å². The second kappa shape index (κ2) is 6.35. The number of hydrogen-bond acceptors (Lipinski definition) is 3. The zero-order valence-corrected chi connectivity index (χ0v) is 13.6. The molecule has 1 N–H and O–H groups in total. The number of aryl methyl sites for hydroxylation is 1. The third-order valence-electron chi connectivity index (χ3n) is 5.39. The number of pyridine rings is 1. The normalized spacial score (nSPS) is 21.1. The Morgan fingerprint density at radius 2 is 1.86 bits per heavy atom. The van der Waals surface area contributed by atoms with Crippen LogP contribution in [0, 0.1) is 12.3 Å². The lowest BCUT2D eigenvalue weighted by Gasteiger charge is -2.40. The molecule has 0 amide bonds. The van der Waals surface area contributed by atoms with Gasteiger partial charge in [-0.2, -0.15) is 0 Å². The van der Waals surface area contributed by atoms with Crippen molar-refractivity contribution in [3.05, 3.63) is 23.4 Å². The summed E-state index contributed by atoms with van der Waals surface area (Å²) in [5.41, 5.74) is 3.19. The first-order valence-electron chi connectivity index (χ1n) is 8.64. The predicted molar refractivity (Wildman–Crippen MR) is 88.7 cm³/mol. The van der Waals surface area contributed by atoms with Crippen molar-refractivity contribution >= 4 is 5.82 Å². The van der Waals surface area contributed by atoms with E-state index in [1.165, 1.54) is 63.0 Å². The van der Waals surface area contributed by atoms with Crippen molar-refractivity contribution in [2.45, 2.75) is 58.9 Å². The molecule has 1 aliphatic carbocycles. The van der Waals surface area contributed by atoms with E-state index >= 15 is 0 Å². The lowest BCUT2D eigenvalue weighted by atomic mass is 9.77. The summed E-state index contributed by atoms with van der Waals surface area (Å²) in [7, 11) is 0. The predicted octanol–water partition coefficient (Wildman–Crippen LogP) is 3.66. The number of hydrogen-bond donors (Lipinski definition) is 1. The van der Waals surface area contributed by atoms with Crippen LogP contribution in [-0.2, 0) is 6.54 Å². The van der Waals surface area contributed by atoms with E-state index in [9.17, 15) is 0 Å². The van der Waals surface area contributed by atoms with Crippen LogP contribution in [0.2, 0.25) is 0 Å². The second-order valence-corrected chi connectivity index (χ2v) is 6.95. The first-order chi connectivity index (χ1) is 10.2. The van der Waals surface area contributed by atoms with E-state index in [4.69, 9.17) is 4.98 Å². The number of anilines is 1. The van der Waals surface area contributed by atoms with Crippen molar-refractivity contribution in [3.63, 3.8) is 0 Å². The SMILES string of the molecule is CCNCc1cc(C)nc(N2CCC3(CCCC3)CC2)c1. The average molecular weight is 287 g/mol. The molecule has 1 aromatic heterocycles. The Morgan fingerprint density at radius 1 is 1.14 bits per heavy atom. The highest BCUT2D eigenvalue weighted by Gasteiger charge is 2.37. The van der Waals surface area contributed by atoms with Gasteiger partial charge in [-0.15, -0.1) is 0 Å². The molecule has 0 unspecified atom stereocenters. The fourth-order valence-corrected chi connectivity index (χ4v) is 4.09. The average Bonchev–Trinajstić information content (AvgIpc) is 2.93. The van der Waals surface area contributed by atoms with Gasteiger partial charge in [-0.3, -0.25) is 0 Å². The summed E-state index contributed by atoms with van der Waals surface area (Å²) < 4.78 is 0. The Labute approximate surface area is 129 Å². The van der Waals surface area contributed by atoms with Crippen LogP contribution in [0.4, 0.5) is 5.82 Å². The molecule has 21 heavy (non-hydrogen) atoms. The molecule has 1 spiro atoms. The number of rotatable bonds is 4. The van der Waals surface area contributed by atoms with Gasteiger partial charge in [0, 0.05) is 25.3 Å². The minimum absolute atomic E-state index is 0.687. The highest BCUT2D eigenvalue weighted by Crippen LogP contribution is 2.46. The molecule has 116 valence electrons. The van der Waals surface area contributed by atoms with E-state index in [2.05, 4.69) is 36.2 Å². The Bertz CT molecular complexity index is 467. The summed E-state index contributed by atoms with van der Waals surface area (Å²) in [5.74, 6) is 1.19. The molecule has 0 atom stereocenters. The quantitative estimate of drug-likeness (QED) is 0.916. The molecule has 2 fully saturated rings. The van der Waals surface area contributed by atoms with Crippen LogP contribution >= 0.6 is 0 Å². The molecule has 3 rings (SSSR count). The van der Waals surface area contributed by atoms with Gasteiger partial charge in [0.15, 0.2) is 0 Å². The fourth-order valence-electron chi connectivity index (χ4n) is 4.09. The molecule has 1 saturated carbocycles. The van der Waals surface area contributed by atoms with E-state index in [1.54, 1.807) is 0 Å². The van der Waals surface area contributed by atoms with Gasteiger partial charge in [0.1, 0.15) is 5.82 Å². The first kappa shape index (κ1) is 14.8. The van der Waals surface area contributed by atoms with Gasteiger partial charge in [-0.1, -0.05) is 19.8 Å². The summed E-state index contributed by atoms with van der Waals surface area (Å²) in [6.07, 6.45) is 8.57. The zero-order valence-electron chi connectivity index (χ0n) is 13.6. The molecule has 1 saturated heterocycles. The first-order valence-corrected chi connectivity index (χ1v) is 8.64. The summed E-state index contributed by atoms with van der Waals surface area (Å²) in [6, 6.07) is 4.48. The molecule has 2 aliphatic rings. The minimum Gasteiger partial charge on any atom is -0.357 e. The van der Waals surface area contributed by atoms with Crippen LogP contribution in [-0.4, -0.2) is 24.6 Å². The summed E-state index contributed by atoms with van der Waals surface area (Å²) in [4.78, 5) is 7.28. The highest BCUT2D eigenvalue weighted by atomic mass is 15.2. The number of aromatic nitrogens is 1. The van der Waals surface area contributed by atoms with E-state index in [-0.39, 0.29) is 0 Å². The van der Waals surface area contributed by atoms with Crippen molar-refractivity contribution < 1.29 is 0 Å². The van der Waals surface area contributed by atoms with Gasteiger partial charge in [0.05, 0.1) is 0 Å². The van der Waals surface area contributed by atoms with Gasteiger partial charge >= 0.3 is 0 Å². The van der Waals surface area contributed by atoms with Crippen molar-refractivity contribution in [2.75, 3.05) is 24.5 Å². The van der Waals surface area contributed by atoms with Gasteiger partial charge in [0.25, 0.3) is 0 Å². The molecule has 0 radical (unpaired) electrons. The van der Waals surface area contributed by atoms with E-state index in [0.29, 0.717) is 5.41 Å². The second-order valence-electron chi connectivity index (χ2n) is 6.95. The van der Waals surface area contributed by atoms with E-state index in [1.807, 2.05) is 0 Å². The fraction of sp³-hybridized carbons (Fsp3) is 0.722. The smallest absolute Gasteiger partial charge is 0.129 e. The van der Waals surface area contributed by atoms with Crippen LogP contribution in [0.25, 0.3) is 0 Å². The highest BCUT2D eigenvalue weighted by molar-refractivity contribution is 5.43. The van der Waals surface area contributed by atoms with Crippen LogP contribution in [0.5, 0.6) is 0 Å². The molecular weight excluding hydrogens is 258 g/mol. The van der Waals surface area contributed by atoms with E-state index in [0.717, 1.165) is 18.8 Å². The molecule has 2 heterocycles. The largest absolute Gasteiger partial charge is 0.357 e. The molecule has 3 nitrogen and oxygen atoms in total. The lowest BCUT2D eigenvalue weighted by Crippen LogP contribution is -2.39. The number of piperidine rings is 1. The Morgan fingerprint density at radius 3 is 2.52 bits per heavy atom. The summed E-state index contributed by atoms with van der Waals surface area (Å²) >= 11 is 0. The number of nitrogens with one attached hydrogen (secondary N) is 1. The van der Waals surface area contributed by atoms with Crippen molar-refractivity contribution in [2.24, 2.45) is 5.41 Å². The lowest BCUT2D eigenvalue weighted by molar-refractivity contribution is 0.226. The molecule has 0 bridgehead atoms. The summed E-state index contributed by atoms with van der Waals surface area (Å²) in [6.45, 7) is 8.61. The van der Waals surface area contributed by atoms with Gasteiger partial charge in [0.2, 0.25) is 0 Å². The van der Waals surface area contributed by atoms with Crippen molar-refractivity contribution in [3.8, 4) is 0 Å². The molecule has 1 aliphatic heterocycles. The molecule has 3 heteroatoms. The monoisotopic (exact) mass is 287 g/mol. The Kier molecular flexibility index (Phi) is 4.48. The van der Waals surface area contributed by atoms with Crippen molar-refractivity contribution in [1.29, 1.82) is 0 Å². The number of nitrogens with zero attached hydrogens (tertiary/aromatic N) is 2. The molecule has 0 aromatic carbocycles. The molecular formula is C18H29N3. The van der Waals surface area contributed by atoms with Crippen LogP contribution < -0.4 is 10.2 Å². The minimum atomic E-state index is 0.687. The van der Waals surface area contributed by atoms with Gasteiger partial charge in [-0.25, -0.2) is 4.98 Å². The maximum Gasteiger partial charge on any atom is 0.129 e. The van der Waals surface area contributed by atoms with E-state index < -0.39 is 0 Å². The molecule has 1 aromatic rings. The standard InChI is InChI=1S/C18H29N3/c1-3-19-14-16-12-15(2)20-17(13-16)21-10-8-18(9-11-21)6-4-5-7-18/h12-13,19H,3-11,14H2,1-2H3.